The normalized spacial score (nSPS) is 19.0. The lowest BCUT2D eigenvalue weighted by Gasteiger charge is -2.29. The number of quaternary nitrogens is 2. The molecule has 2 aliphatic heterocycles. The SMILES string of the molecule is CC1(C)C(=CC=C2CCCC(C=CC3=[N+](CCC[N+](C)(C)C)c4ccc(S(=O)(=O)O)cc4C3(C)C)=C2Nc2cccc(N(O)O)c2)N(CCC[N+](C)(C)C)c2ccc(S(=O)(=O)O)cc21. The number of nitrogens with one attached hydrogen (secondary N) is 1. The van der Waals surface area contributed by atoms with Crippen LogP contribution in [0.5, 0.6) is 0 Å². The van der Waals surface area contributed by atoms with E-state index in [1.807, 2.05) is 6.07 Å². The van der Waals surface area contributed by atoms with Crippen molar-refractivity contribution in [3.8, 4) is 0 Å². The number of hydrogen-bond donors (Lipinski definition) is 5. The van der Waals surface area contributed by atoms with Gasteiger partial charge in [-0.15, -0.1) is 5.23 Å². The van der Waals surface area contributed by atoms with Gasteiger partial charge in [-0.2, -0.15) is 21.4 Å². The predicted molar refractivity (Wildman–Crippen MR) is 253 cm³/mol. The third-order valence-corrected chi connectivity index (χ3v) is 14.2. The van der Waals surface area contributed by atoms with E-state index in [4.69, 9.17) is 0 Å². The highest BCUT2D eigenvalue weighted by Crippen LogP contribution is 2.49. The van der Waals surface area contributed by atoms with Crippen LogP contribution in [-0.2, 0) is 31.1 Å². The summed E-state index contributed by atoms with van der Waals surface area (Å²) in [6.45, 7) is 11.5. The first kappa shape index (κ1) is 48.8. The monoisotopic (exact) mass is 919 g/mol. The van der Waals surface area contributed by atoms with Crippen LogP contribution in [0.3, 0.4) is 0 Å². The maximum atomic E-state index is 12.3. The van der Waals surface area contributed by atoms with Gasteiger partial charge in [-0.05, 0) is 104 Å². The van der Waals surface area contributed by atoms with Crippen molar-refractivity contribution < 1.29 is 49.9 Å². The molecule has 6 rings (SSSR count). The van der Waals surface area contributed by atoms with Gasteiger partial charge >= 0.3 is 0 Å². The molecule has 0 bridgehead atoms. The van der Waals surface area contributed by atoms with Crippen molar-refractivity contribution in [3.63, 3.8) is 0 Å². The zero-order valence-electron chi connectivity index (χ0n) is 38.9. The van der Waals surface area contributed by atoms with Crippen LogP contribution in [0.25, 0.3) is 0 Å². The first-order valence-corrected chi connectivity index (χ1v) is 24.6. The van der Waals surface area contributed by atoms with E-state index in [1.54, 1.807) is 42.5 Å². The molecule has 0 radical (unpaired) electrons. The van der Waals surface area contributed by atoms with E-state index in [0.717, 1.165) is 105 Å². The Kier molecular flexibility index (Phi) is 13.7. The molecule has 346 valence electrons. The van der Waals surface area contributed by atoms with Gasteiger partial charge in [-0.1, -0.05) is 32.1 Å². The summed E-state index contributed by atoms with van der Waals surface area (Å²) < 4.78 is 73.1. The van der Waals surface area contributed by atoms with E-state index in [0.29, 0.717) is 18.8 Å². The van der Waals surface area contributed by atoms with Crippen LogP contribution in [0.4, 0.5) is 22.7 Å². The van der Waals surface area contributed by atoms with E-state index < -0.39 is 31.1 Å². The molecule has 5 N–H and O–H groups in total. The standard InChI is InChI=1S/C48H64N6O8S2/c1-47(2)40-32-38(63(57,58)59)21-23-42(40)50(27-13-29-53(5,6)7)44(47)25-19-34-15-11-16-35(46(34)49-36-17-12-18-37(31-36)52(55)56)20-26-45-48(3,4)41-33-39(64(60,61)62)22-24-43(41)51(45)28-14-30-54(8,9)10/h12,17-26,31-33,55-56H,11,13-16,27-30H2,1-10H3/p+3. The van der Waals surface area contributed by atoms with Crippen LogP contribution < -0.4 is 15.4 Å². The summed E-state index contributed by atoms with van der Waals surface area (Å²) in [7, 11) is 4.06. The second-order valence-corrected chi connectivity index (χ2v) is 23.1. The molecule has 16 heteroatoms. The molecule has 3 aromatic carbocycles. The van der Waals surface area contributed by atoms with E-state index in [-0.39, 0.29) is 20.7 Å². The summed E-state index contributed by atoms with van der Waals surface area (Å²) in [5.74, 6) is 0. The molecule has 1 aliphatic carbocycles. The second kappa shape index (κ2) is 18.0. The lowest BCUT2D eigenvalue weighted by atomic mass is 9.81. The van der Waals surface area contributed by atoms with Gasteiger partial charge in [0.25, 0.3) is 20.2 Å². The Hall–Kier alpha value is -4.65. The molecule has 3 aliphatic rings. The fourth-order valence-corrected chi connectivity index (χ4v) is 10.2. The number of benzene rings is 3. The minimum atomic E-state index is -4.43. The lowest BCUT2D eigenvalue weighted by molar-refractivity contribution is -0.871. The molecular weight excluding hydrogens is 853 g/mol. The summed E-state index contributed by atoms with van der Waals surface area (Å²) in [4.78, 5) is 1.97. The molecule has 14 nitrogen and oxygen atoms in total. The topological polar surface area (TPSA) is 171 Å². The molecule has 0 amide bonds. The van der Waals surface area contributed by atoms with Gasteiger partial charge in [0.1, 0.15) is 0 Å². The zero-order chi connectivity index (χ0) is 47.2. The van der Waals surface area contributed by atoms with Crippen molar-refractivity contribution in [2.75, 3.05) is 83.9 Å². The van der Waals surface area contributed by atoms with Crippen LogP contribution in [0, 0.1) is 0 Å². The highest BCUT2D eigenvalue weighted by Gasteiger charge is 2.45. The molecule has 0 saturated carbocycles. The van der Waals surface area contributed by atoms with Crippen molar-refractivity contribution in [3.05, 3.63) is 119 Å². The Labute approximate surface area is 380 Å². The zero-order valence-corrected chi connectivity index (χ0v) is 40.6. The van der Waals surface area contributed by atoms with E-state index >= 15 is 0 Å². The Morgan fingerprint density at radius 3 is 2.02 bits per heavy atom. The third-order valence-electron chi connectivity index (χ3n) is 12.5. The Morgan fingerprint density at radius 2 is 1.39 bits per heavy atom. The molecule has 0 saturated heterocycles. The number of allylic oxidation sites excluding steroid dienone is 7. The average Bonchev–Trinajstić information content (AvgIpc) is 3.52. The summed E-state index contributed by atoms with van der Waals surface area (Å²) in [5.41, 5.74) is 7.84. The van der Waals surface area contributed by atoms with Crippen molar-refractivity contribution in [2.24, 2.45) is 0 Å². The Morgan fingerprint density at radius 1 is 0.766 bits per heavy atom. The second-order valence-electron chi connectivity index (χ2n) is 20.3. The van der Waals surface area contributed by atoms with Crippen molar-refractivity contribution in [2.45, 2.75) is 80.4 Å². The van der Waals surface area contributed by atoms with Crippen molar-refractivity contribution in [1.82, 2.24) is 0 Å². The van der Waals surface area contributed by atoms with Gasteiger partial charge in [-0.3, -0.25) is 19.5 Å². The van der Waals surface area contributed by atoms with Crippen LogP contribution in [0.2, 0.25) is 0 Å². The average molecular weight is 920 g/mol. The fourth-order valence-electron chi connectivity index (χ4n) is 9.15. The molecule has 0 aromatic heterocycles. The largest absolute Gasteiger partial charge is 0.355 e. The number of fused-ring (bicyclic) bond motifs is 2. The summed E-state index contributed by atoms with van der Waals surface area (Å²) in [6, 6.07) is 16.5. The fraction of sp³-hybridized carbons (Fsp3) is 0.438. The third kappa shape index (κ3) is 10.9. The van der Waals surface area contributed by atoms with Crippen LogP contribution in [0.1, 0.15) is 70.9 Å². The summed E-state index contributed by atoms with van der Waals surface area (Å²) in [5, 5.41) is 23.5. The molecule has 64 heavy (non-hydrogen) atoms. The molecule has 2 heterocycles. The molecule has 0 spiro atoms. The molecule has 0 atom stereocenters. The van der Waals surface area contributed by atoms with E-state index in [1.165, 1.54) is 12.1 Å². The first-order chi connectivity index (χ1) is 29.6. The molecule has 0 fully saturated rings. The van der Waals surface area contributed by atoms with Gasteiger partial charge in [0.2, 0.25) is 5.69 Å². The Bertz CT molecular complexity index is 2680. The van der Waals surface area contributed by atoms with E-state index in [2.05, 4.69) is 109 Å². The molecular formula is C48H67N6O8S2+3. The number of nitrogens with zero attached hydrogens (tertiary/aromatic N) is 5. The van der Waals surface area contributed by atoms with Crippen LogP contribution in [-0.4, -0.2) is 124 Å². The van der Waals surface area contributed by atoms with Gasteiger partial charge < -0.3 is 19.2 Å². The Balaban J connectivity index is 1.50. The smallest absolute Gasteiger partial charge is 0.294 e. The maximum Gasteiger partial charge on any atom is 0.294 e. The van der Waals surface area contributed by atoms with Crippen LogP contribution in [0.15, 0.2) is 117 Å². The number of rotatable bonds is 16. The van der Waals surface area contributed by atoms with E-state index in [9.17, 15) is 36.4 Å². The highest BCUT2D eigenvalue weighted by molar-refractivity contribution is 7.86. The quantitative estimate of drug-likeness (QED) is 0.0408. The van der Waals surface area contributed by atoms with Gasteiger partial charge in [-0.25, -0.2) is 0 Å². The lowest BCUT2D eigenvalue weighted by Crippen LogP contribution is -2.37. The highest BCUT2D eigenvalue weighted by atomic mass is 32.2. The molecule has 0 unspecified atom stereocenters. The maximum absolute atomic E-state index is 12.3. The molecule has 3 aromatic rings. The minimum Gasteiger partial charge on any atom is -0.355 e. The number of hydrogen-bond acceptors (Lipinski definition) is 9. The van der Waals surface area contributed by atoms with Gasteiger partial charge in [0, 0.05) is 58.9 Å². The first-order valence-electron chi connectivity index (χ1n) is 21.7. The van der Waals surface area contributed by atoms with Crippen LogP contribution >= 0.6 is 0 Å². The van der Waals surface area contributed by atoms with Crippen molar-refractivity contribution in [1.29, 1.82) is 0 Å². The van der Waals surface area contributed by atoms with Gasteiger partial charge in [0.05, 0.1) is 82.7 Å². The number of anilines is 3. The summed E-state index contributed by atoms with van der Waals surface area (Å²) in [6.07, 6.45) is 12.6. The minimum absolute atomic E-state index is 0.0832. The summed E-state index contributed by atoms with van der Waals surface area (Å²) >= 11 is 0. The van der Waals surface area contributed by atoms with Crippen molar-refractivity contribution >= 4 is 48.7 Å². The van der Waals surface area contributed by atoms with Gasteiger partial charge in [0.15, 0.2) is 12.3 Å². The predicted octanol–water partition coefficient (Wildman–Crippen LogP) is 8.05.